The Kier molecular flexibility index (Phi) is 3.74. The molecule has 0 saturated heterocycles. The summed E-state index contributed by atoms with van der Waals surface area (Å²) >= 11 is 0. The molecule has 4 nitrogen and oxygen atoms in total. The van der Waals surface area contributed by atoms with E-state index in [1.165, 1.54) is 6.07 Å². The maximum absolute atomic E-state index is 13.2. The fourth-order valence-corrected chi connectivity index (χ4v) is 1.23. The van der Waals surface area contributed by atoms with Gasteiger partial charge in [0.2, 0.25) is 0 Å². The predicted molar refractivity (Wildman–Crippen MR) is 53.1 cm³/mol. The minimum Gasteiger partial charge on any atom is -0.393 e. The normalized spacial score (nSPS) is 12.5. The number of nitrogens with zero attached hydrogens (tertiary/aromatic N) is 1. The third-order valence-electron chi connectivity index (χ3n) is 2.07. The van der Waals surface area contributed by atoms with Crippen LogP contribution < -0.4 is 0 Å². The SMILES string of the molecule is C[C@H](O)CCc1cc([N+](=O)[O-])ccc1F. The van der Waals surface area contributed by atoms with Crippen LogP contribution in [0.2, 0.25) is 0 Å². The Balaban J connectivity index is 2.85. The first kappa shape index (κ1) is 11.6. The van der Waals surface area contributed by atoms with Crippen LogP contribution in [0.3, 0.4) is 0 Å². The van der Waals surface area contributed by atoms with Crippen molar-refractivity contribution < 1.29 is 14.4 Å². The zero-order valence-corrected chi connectivity index (χ0v) is 8.31. The molecule has 0 saturated carbocycles. The van der Waals surface area contributed by atoms with E-state index in [-0.39, 0.29) is 11.3 Å². The van der Waals surface area contributed by atoms with E-state index in [0.29, 0.717) is 12.8 Å². The number of aliphatic hydroxyl groups excluding tert-OH is 1. The summed E-state index contributed by atoms with van der Waals surface area (Å²) in [6.07, 6.45) is 0.146. The van der Waals surface area contributed by atoms with Crippen LogP contribution in [0, 0.1) is 15.9 Å². The quantitative estimate of drug-likeness (QED) is 0.615. The molecule has 0 unspecified atom stereocenters. The van der Waals surface area contributed by atoms with Crippen molar-refractivity contribution in [1.82, 2.24) is 0 Å². The molecule has 0 amide bonds. The van der Waals surface area contributed by atoms with Gasteiger partial charge in [-0.2, -0.15) is 0 Å². The van der Waals surface area contributed by atoms with Crippen LogP contribution in [0.25, 0.3) is 0 Å². The van der Waals surface area contributed by atoms with Gasteiger partial charge in [0.15, 0.2) is 0 Å². The van der Waals surface area contributed by atoms with Gasteiger partial charge in [0.05, 0.1) is 11.0 Å². The van der Waals surface area contributed by atoms with Crippen molar-refractivity contribution in [2.24, 2.45) is 0 Å². The summed E-state index contributed by atoms with van der Waals surface area (Å²) < 4.78 is 13.2. The molecule has 1 rings (SSSR count). The number of halogens is 1. The molecule has 0 aliphatic rings. The smallest absolute Gasteiger partial charge is 0.269 e. The minimum atomic E-state index is -0.564. The highest BCUT2D eigenvalue weighted by molar-refractivity contribution is 5.35. The highest BCUT2D eigenvalue weighted by Gasteiger charge is 2.11. The van der Waals surface area contributed by atoms with Crippen LogP contribution in [0.1, 0.15) is 18.9 Å². The molecular formula is C10H12FNO3. The minimum absolute atomic E-state index is 0.128. The topological polar surface area (TPSA) is 63.4 Å². The predicted octanol–water partition coefficient (Wildman–Crippen LogP) is 2.05. The average molecular weight is 213 g/mol. The maximum atomic E-state index is 13.2. The van der Waals surface area contributed by atoms with Gasteiger partial charge in [0, 0.05) is 12.1 Å². The summed E-state index contributed by atoms with van der Waals surface area (Å²) in [6.45, 7) is 1.59. The highest BCUT2D eigenvalue weighted by atomic mass is 19.1. The molecule has 1 aromatic carbocycles. The second-order valence-corrected chi connectivity index (χ2v) is 3.42. The van der Waals surface area contributed by atoms with E-state index in [2.05, 4.69) is 0 Å². The van der Waals surface area contributed by atoms with Crippen molar-refractivity contribution in [3.8, 4) is 0 Å². The molecular weight excluding hydrogens is 201 g/mol. The molecule has 0 aliphatic carbocycles. The summed E-state index contributed by atoms with van der Waals surface area (Å²) in [5.41, 5.74) is 0.141. The van der Waals surface area contributed by atoms with Crippen molar-refractivity contribution in [1.29, 1.82) is 0 Å². The molecule has 1 atom stereocenters. The van der Waals surface area contributed by atoms with E-state index in [4.69, 9.17) is 5.11 Å². The Morgan fingerprint density at radius 3 is 2.80 bits per heavy atom. The van der Waals surface area contributed by atoms with Gasteiger partial charge in [0.1, 0.15) is 5.82 Å². The summed E-state index contributed by atoms with van der Waals surface area (Å²) in [7, 11) is 0. The number of aliphatic hydroxyl groups is 1. The molecule has 82 valence electrons. The number of nitro groups is 1. The fraction of sp³-hybridized carbons (Fsp3) is 0.400. The van der Waals surface area contributed by atoms with E-state index in [0.717, 1.165) is 12.1 Å². The fourth-order valence-electron chi connectivity index (χ4n) is 1.23. The monoisotopic (exact) mass is 213 g/mol. The van der Waals surface area contributed by atoms with Crippen molar-refractivity contribution >= 4 is 5.69 Å². The third-order valence-corrected chi connectivity index (χ3v) is 2.07. The molecule has 5 heteroatoms. The number of hydrogen-bond donors (Lipinski definition) is 1. The summed E-state index contributed by atoms with van der Waals surface area (Å²) in [5.74, 6) is -0.471. The van der Waals surface area contributed by atoms with Crippen LogP contribution in [0.4, 0.5) is 10.1 Å². The maximum Gasteiger partial charge on any atom is 0.269 e. The summed E-state index contributed by atoms with van der Waals surface area (Å²) in [6, 6.07) is 3.41. The van der Waals surface area contributed by atoms with Gasteiger partial charge >= 0.3 is 0 Å². The lowest BCUT2D eigenvalue weighted by atomic mass is 10.1. The van der Waals surface area contributed by atoms with Crippen LogP contribution >= 0.6 is 0 Å². The number of non-ortho nitro benzene ring substituents is 1. The zero-order chi connectivity index (χ0) is 11.4. The van der Waals surface area contributed by atoms with Gasteiger partial charge in [-0.15, -0.1) is 0 Å². The Morgan fingerprint density at radius 2 is 2.27 bits per heavy atom. The zero-order valence-electron chi connectivity index (χ0n) is 8.31. The average Bonchev–Trinajstić information content (AvgIpc) is 2.16. The first-order valence-corrected chi connectivity index (χ1v) is 4.61. The van der Waals surface area contributed by atoms with Gasteiger partial charge in [-0.3, -0.25) is 10.1 Å². The molecule has 15 heavy (non-hydrogen) atoms. The van der Waals surface area contributed by atoms with Gasteiger partial charge in [-0.25, -0.2) is 4.39 Å². The molecule has 0 aliphatic heterocycles. The lowest BCUT2D eigenvalue weighted by Gasteiger charge is -2.05. The van der Waals surface area contributed by atoms with Crippen molar-refractivity contribution in [2.75, 3.05) is 0 Å². The molecule has 0 aromatic heterocycles. The highest BCUT2D eigenvalue weighted by Crippen LogP contribution is 2.18. The van der Waals surface area contributed by atoms with Gasteiger partial charge < -0.3 is 5.11 Å². The van der Waals surface area contributed by atoms with Crippen LogP contribution in [0.15, 0.2) is 18.2 Å². The molecule has 0 spiro atoms. The van der Waals surface area contributed by atoms with Gasteiger partial charge in [-0.1, -0.05) is 0 Å². The first-order chi connectivity index (χ1) is 7.00. The van der Waals surface area contributed by atoms with Crippen LogP contribution in [0.5, 0.6) is 0 Å². The van der Waals surface area contributed by atoms with Crippen LogP contribution in [-0.4, -0.2) is 16.1 Å². The van der Waals surface area contributed by atoms with Crippen molar-refractivity contribution in [3.63, 3.8) is 0 Å². The van der Waals surface area contributed by atoms with Gasteiger partial charge in [-0.05, 0) is 31.4 Å². The lowest BCUT2D eigenvalue weighted by Crippen LogP contribution is -2.03. The van der Waals surface area contributed by atoms with Crippen molar-refractivity contribution in [3.05, 3.63) is 39.7 Å². The Hall–Kier alpha value is -1.49. The lowest BCUT2D eigenvalue weighted by molar-refractivity contribution is -0.385. The Bertz CT molecular complexity index is 366. The van der Waals surface area contributed by atoms with E-state index in [1.54, 1.807) is 6.92 Å². The van der Waals surface area contributed by atoms with Crippen LogP contribution in [-0.2, 0) is 6.42 Å². The molecule has 1 aromatic rings. The number of benzene rings is 1. The number of rotatable bonds is 4. The number of hydrogen-bond acceptors (Lipinski definition) is 3. The Labute approximate surface area is 86.5 Å². The summed E-state index contributed by atoms with van der Waals surface area (Å²) in [4.78, 5) is 9.87. The number of aryl methyl sites for hydroxylation is 1. The standard InChI is InChI=1S/C10H12FNO3/c1-7(13)2-3-8-6-9(12(14)15)4-5-10(8)11/h4-7,13H,2-3H2,1H3/t7-/m0/s1. The first-order valence-electron chi connectivity index (χ1n) is 4.61. The van der Waals surface area contributed by atoms with E-state index in [1.807, 2.05) is 0 Å². The Morgan fingerprint density at radius 1 is 1.60 bits per heavy atom. The number of nitro benzene ring substituents is 1. The van der Waals surface area contributed by atoms with E-state index < -0.39 is 16.8 Å². The second-order valence-electron chi connectivity index (χ2n) is 3.42. The summed E-state index contributed by atoms with van der Waals surface area (Å²) in [5, 5.41) is 19.5. The van der Waals surface area contributed by atoms with Crippen molar-refractivity contribution in [2.45, 2.75) is 25.9 Å². The van der Waals surface area contributed by atoms with E-state index >= 15 is 0 Å². The molecule has 1 N–H and O–H groups in total. The third kappa shape index (κ3) is 3.28. The molecule has 0 fully saturated rings. The second kappa shape index (κ2) is 4.84. The molecule has 0 radical (unpaired) electrons. The molecule has 0 bridgehead atoms. The van der Waals surface area contributed by atoms with Gasteiger partial charge in [0.25, 0.3) is 5.69 Å². The largest absolute Gasteiger partial charge is 0.393 e. The molecule has 0 heterocycles. The van der Waals surface area contributed by atoms with E-state index in [9.17, 15) is 14.5 Å².